The summed E-state index contributed by atoms with van der Waals surface area (Å²) in [5, 5.41) is 11.9. The van der Waals surface area contributed by atoms with E-state index < -0.39 is 10.9 Å². The van der Waals surface area contributed by atoms with Gasteiger partial charge in [-0.05, 0) is 79.8 Å². The Labute approximate surface area is 278 Å². The molecule has 0 fully saturated rings. The maximum absolute atomic E-state index is 12.8. The van der Waals surface area contributed by atoms with Crippen molar-refractivity contribution < 1.29 is 33.5 Å². The molecule has 47 heavy (non-hydrogen) atoms. The Morgan fingerprint density at radius 2 is 1.21 bits per heavy atom. The summed E-state index contributed by atoms with van der Waals surface area (Å²) in [6.45, 7) is 9.03. The highest BCUT2D eigenvalue weighted by molar-refractivity contribution is 5.92. The first kappa shape index (κ1) is 36.8. The van der Waals surface area contributed by atoms with Crippen molar-refractivity contribution >= 4 is 17.6 Å². The summed E-state index contributed by atoms with van der Waals surface area (Å²) in [5.74, 6) is 0.240. The number of hydrogen-bond donors (Lipinski definition) is 0. The van der Waals surface area contributed by atoms with Gasteiger partial charge in [-0.15, -0.1) is 0 Å². The zero-order valence-corrected chi connectivity index (χ0v) is 27.7. The van der Waals surface area contributed by atoms with E-state index in [0.717, 1.165) is 69.1 Å². The quantitative estimate of drug-likeness (QED) is 0.0265. The number of benzene rings is 3. The third-order valence-corrected chi connectivity index (χ3v) is 7.54. The number of rotatable bonds is 22. The second-order valence-corrected chi connectivity index (χ2v) is 11.5. The second kappa shape index (κ2) is 20.5. The largest absolute Gasteiger partial charge is 0.494 e. The summed E-state index contributed by atoms with van der Waals surface area (Å²) in [6.07, 6.45) is 11.7. The molecule has 3 aromatic rings. The number of nitrogens with zero attached hydrogens (tertiary/aromatic N) is 1. The summed E-state index contributed by atoms with van der Waals surface area (Å²) < 4.78 is 22.1. The Kier molecular flexibility index (Phi) is 16.0. The molecule has 9 heteroatoms. The van der Waals surface area contributed by atoms with Gasteiger partial charge in [0.25, 0.3) is 0 Å². The Bertz CT molecular complexity index is 1430. The Morgan fingerprint density at radius 1 is 0.702 bits per heavy atom. The lowest BCUT2D eigenvalue weighted by Gasteiger charge is -2.10. The molecular weight excluding hydrogens is 598 g/mol. The van der Waals surface area contributed by atoms with Crippen molar-refractivity contribution in [3.8, 4) is 28.4 Å². The first-order chi connectivity index (χ1) is 22.8. The van der Waals surface area contributed by atoms with Gasteiger partial charge in [0.2, 0.25) is 5.75 Å². The average molecular weight is 646 g/mol. The van der Waals surface area contributed by atoms with Crippen LogP contribution in [0, 0.1) is 10.1 Å². The summed E-state index contributed by atoms with van der Waals surface area (Å²) in [7, 11) is 0. The maximum atomic E-state index is 12.8. The summed E-state index contributed by atoms with van der Waals surface area (Å²) in [6, 6.07) is 18.5. The van der Waals surface area contributed by atoms with Crippen LogP contribution in [0.25, 0.3) is 11.1 Å². The fourth-order valence-corrected chi connectivity index (χ4v) is 4.80. The maximum Gasteiger partial charge on any atom is 0.343 e. The van der Waals surface area contributed by atoms with Crippen LogP contribution >= 0.6 is 0 Å². The van der Waals surface area contributed by atoms with E-state index in [1.807, 2.05) is 24.3 Å². The molecule has 0 radical (unpaired) electrons. The number of nitro benzene ring substituents is 1. The van der Waals surface area contributed by atoms with E-state index in [-0.39, 0.29) is 23.0 Å². The van der Waals surface area contributed by atoms with Crippen molar-refractivity contribution in [1.82, 2.24) is 0 Å². The molecule has 0 saturated heterocycles. The highest BCUT2D eigenvalue weighted by Crippen LogP contribution is 2.33. The molecular formula is C38H47NO8. The van der Waals surface area contributed by atoms with Crippen LogP contribution in [0.5, 0.6) is 17.2 Å². The molecule has 9 nitrogen and oxygen atoms in total. The van der Waals surface area contributed by atoms with E-state index in [2.05, 4.69) is 13.5 Å². The zero-order valence-electron chi connectivity index (χ0n) is 27.7. The molecule has 0 bridgehead atoms. The number of ether oxygens (including phenoxy) is 4. The SMILES string of the molecule is C=C(C)C(=O)OCCCCCCCCCOc1ccc(C(=O)Oc2ccc(-c3ccc(OCCCCCC)cc3)cc2[N+](=O)[O-])cc1. The Morgan fingerprint density at radius 3 is 1.77 bits per heavy atom. The number of nitro groups is 1. The predicted molar refractivity (Wildman–Crippen MR) is 183 cm³/mol. The van der Waals surface area contributed by atoms with E-state index in [0.29, 0.717) is 36.7 Å². The molecule has 0 atom stereocenters. The second-order valence-electron chi connectivity index (χ2n) is 11.5. The van der Waals surface area contributed by atoms with E-state index in [1.165, 1.54) is 25.0 Å². The fraction of sp³-hybridized carbons (Fsp3) is 0.421. The third kappa shape index (κ3) is 13.3. The van der Waals surface area contributed by atoms with Crippen LogP contribution < -0.4 is 14.2 Å². The summed E-state index contributed by atoms with van der Waals surface area (Å²) in [5.41, 5.74) is 1.81. The van der Waals surface area contributed by atoms with Crippen molar-refractivity contribution in [2.45, 2.75) is 84.5 Å². The van der Waals surface area contributed by atoms with E-state index >= 15 is 0 Å². The van der Waals surface area contributed by atoms with Crippen molar-refractivity contribution in [1.29, 1.82) is 0 Å². The highest BCUT2D eigenvalue weighted by Gasteiger charge is 2.20. The molecule has 0 saturated carbocycles. The van der Waals surface area contributed by atoms with Gasteiger partial charge in [0.1, 0.15) is 11.5 Å². The normalized spacial score (nSPS) is 10.7. The summed E-state index contributed by atoms with van der Waals surface area (Å²) in [4.78, 5) is 35.4. The first-order valence-electron chi connectivity index (χ1n) is 16.6. The molecule has 0 spiro atoms. The lowest BCUT2D eigenvalue weighted by atomic mass is 10.0. The van der Waals surface area contributed by atoms with Gasteiger partial charge in [0, 0.05) is 11.6 Å². The number of carbonyl (C=O) groups excluding carboxylic acids is 2. The van der Waals surface area contributed by atoms with Crippen molar-refractivity contribution in [3.63, 3.8) is 0 Å². The van der Waals surface area contributed by atoms with Gasteiger partial charge in [-0.2, -0.15) is 0 Å². The molecule has 0 N–H and O–H groups in total. The minimum absolute atomic E-state index is 0.123. The topological polar surface area (TPSA) is 114 Å². The Hall–Kier alpha value is -4.66. The molecule has 252 valence electrons. The Balaban J connectivity index is 1.40. The molecule has 3 rings (SSSR count). The van der Waals surface area contributed by atoms with Crippen LogP contribution in [0.4, 0.5) is 5.69 Å². The van der Waals surface area contributed by atoms with Gasteiger partial charge in [-0.3, -0.25) is 10.1 Å². The fourth-order valence-electron chi connectivity index (χ4n) is 4.80. The van der Waals surface area contributed by atoms with Crippen LogP contribution in [-0.4, -0.2) is 36.7 Å². The first-order valence-corrected chi connectivity index (χ1v) is 16.6. The standard InChI is InChI=1S/C38H47NO8/c1-4-5-6-12-25-44-33-20-15-30(16-21-33)32-19-24-36(35(28-32)39(42)43)47-38(41)31-17-22-34(23-18-31)45-26-13-10-8-7-9-11-14-27-46-37(40)29(2)3/h15-24,28H,2,4-14,25-27H2,1,3H3. The van der Waals surface area contributed by atoms with Crippen LogP contribution in [-0.2, 0) is 9.53 Å². The number of hydrogen-bond acceptors (Lipinski definition) is 8. The van der Waals surface area contributed by atoms with Crippen molar-refractivity contribution in [2.75, 3.05) is 19.8 Å². The molecule has 0 unspecified atom stereocenters. The number of carbonyl (C=O) groups is 2. The van der Waals surface area contributed by atoms with Crippen molar-refractivity contribution in [2.24, 2.45) is 0 Å². The summed E-state index contributed by atoms with van der Waals surface area (Å²) >= 11 is 0. The average Bonchev–Trinajstić information content (AvgIpc) is 3.07. The monoisotopic (exact) mass is 645 g/mol. The van der Waals surface area contributed by atoms with Gasteiger partial charge in [0.15, 0.2) is 0 Å². The molecule has 3 aromatic carbocycles. The van der Waals surface area contributed by atoms with Crippen LogP contribution in [0.3, 0.4) is 0 Å². The molecule has 0 aliphatic rings. The lowest BCUT2D eigenvalue weighted by Crippen LogP contribution is -2.10. The van der Waals surface area contributed by atoms with Crippen LogP contribution in [0.2, 0.25) is 0 Å². The minimum Gasteiger partial charge on any atom is -0.494 e. The predicted octanol–water partition coefficient (Wildman–Crippen LogP) is 9.67. The molecule has 0 aliphatic heterocycles. The lowest BCUT2D eigenvalue weighted by molar-refractivity contribution is -0.385. The number of unbranched alkanes of at least 4 members (excludes halogenated alkanes) is 9. The van der Waals surface area contributed by atoms with Gasteiger partial charge in [-0.1, -0.05) is 83.1 Å². The van der Waals surface area contributed by atoms with E-state index in [4.69, 9.17) is 18.9 Å². The molecule has 0 aromatic heterocycles. The van der Waals surface area contributed by atoms with Crippen LogP contribution in [0.15, 0.2) is 78.9 Å². The highest BCUT2D eigenvalue weighted by atomic mass is 16.6. The molecule has 0 amide bonds. The smallest absolute Gasteiger partial charge is 0.343 e. The third-order valence-electron chi connectivity index (χ3n) is 7.54. The van der Waals surface area contributed by atoms with Crippen LogP contribution in [0.1, 0.15) is 94.8 Å². The van der Waals surface area contributed by atoms with Crippen molar-refractivity contribution in [3.05, 3.63) is 94.6 Å². The molecule has 0 heterocycles. The minimum atomic E-state index is -0.693. The van der Waals surface area contributed by atoms with Gasteiger partial charge < -0.3 is 18.9 Å². The zero-order chi connectivity index (χ0) is 33.9. The van der Waals surface area contributed by atoms with E-state index in [1.54, 1.807) is 37.3 Å². The number of esters is 2. The van der Waals surface area contributed by atoms with Gasteiger partial charge >= 0.3 is 17.6 Å². The molecule has 0 aliphatic carbocycles. The van der Waals surface area contributed by atoms with E-state index in [9.17, 15) is 19.7 Å². The van der Waals surface area contributed by atoms with Gasteiger partial charge in [-0.25, -0.2) is 9.59 Å². The van der Waals surface area contributed by atoms with Gasteiger partial charge in [0.05, 0.1) is 30.3 Å².